The predicted molar refractivity (Wildman–Crippen MR) is 95.7 cm³/mol. The van der Waals surface area contributed by atoms with E-state index in [0.717, 1.165) is 31.6 Å². The zero-order valence-corrected chi connectivity index (χ0v) is 15.5. The number of carboxylic acid groups (broad SMARTS) is 1. The van der Waals surface area contributed by atoms with Gasteiger partial charge in [0.1, 0.15) is 5.60 Å². The van der Waals surface area contributed by atoms with E-state index in [9.17, 15) is 9.59 Å². The number of carbonyl (C=O) groups is 2. The second-order valence-electron chi connectivity index (χ2n) is 7.47. The molecule has 1 aromatic rings. The van der Waals surface area contributed by atoms with Crippen molar-refractivity contribution in [1.29, 1.82) is 0 Å². The SMILES string of the molecule is CC[C@@H]1CN(Cc2ccc(C(=O)O)cc2)CCN1C(=O)OC(C)(C)C. The summed E-state index contributed by atoms with van der Waals surface area (Å²) in [7, 11) is 0. The number of carboxylic acids is 1. The zero-order chi connectivity index (χ0) is 18.6. The number of ether oxygens (including phenoxy) is 1. The molecule has 0 spiro atoms. The van der Waals surface area contributed by atoms with Gasteiger partial charge in [-0.2, -0.15) is 0 Å². The number of amides is 1. The van der Waals surface area contributed by atoms with E-state index >= 15 is 0 Å². The molecule has 1 amide bonds. The van der Waals surface area contributed by atoms with Gasteiger partial charge in [-0.25, -0.2) is 9.59 Å². The van der Waals surface area contributed by atoms with E-state index in [0.29, 0.717) is 12.1 Å². The molecule has 6 heteroatoms. The van der Waals surface area contributed by atoms with Gasteiger partial charge in [0, 0.05) is 32.2 Å². The first-order valence-corrected chi connectivity index (χ1v) is 8.74. The van der Waals surface area contributed by atoms with Crippen LogP contribution in [0.25, 0.3) is 0 Å². The number of piperazine rings is 1. The summed E-state index contributed by atoms with van der Waals surface area (Å²) in [5.74, 6) is -0.913. The summed E-state index contributed by atoms with van der Waals surface area (Å²) < 4.78 is 5.51. The first kappa shape index (κ1) is 19.2. The summed E-state index contributed by atoms with van der Waals surface area (Å²) in [5.41, 5.74) is 0.883. The van der Waals surface area contributed by atoms with Crippen LogP contribution in [0.4, 0.5) is 4.79 Å². The molecule has 1 fully saturated rings. The van der Waals surface area contributed by atoms with Crippen LogP contribution >= 0.6 is 0 Å². The number of hydrogen-bond donors (Lipinski definition) is 1. The van der Waals surface area contributed by atoms with Crippen LogP contribution in [0.3, 0.4) is 0 Å². The maximum absolute atomic E-state index is 12.4. The minimum atomic E-state index is -0.913. The molecular formula is C19H28N2O4. The van der Waals surface area contributed by atoms with Gasteiger partial charge in [0.25, 0.3) is 0 Å². The first-order valence-electron chi connectivity index (χ1n) is 8.74. The highest BCUT2D eigenvalue weighted by molar-refractivity contribution is 5.87. The highest BCUT2D eigenvalue weighted by Gasteiger charge is 2.32. The van der Waals surface area contributed by atoms with Gasteiger partial charge in [0.05, 0.1) is 5.56 Å². The Morgan fingerprint density at radius 1 is 1.20 bits per heavy atom. The number of benzene rings is 1. The van der Waals surface area contributed by atoms with E-state index in [2.05, 4.69) is 11.8 Å². The molecule has 25 heavy (non-hydrogen) atoms. The van der Waals surface area contributed by atoms with Crippen LogP contribution < -0.4 is 0 Å². The third-order valence-corrected chi connectivity index (χ3v) is 4.27. The quantitative estimate of drug-likeness (QED) is 0.905. The molecule has 0 unspecified atom stereocenters. The molecule has 0 aliphatic carbocycles. The van der Waals surface area contributed by atoms with Gasteiger partial charge in [-0.1, -0.05) is 19.1 Å². The highest BCUT2D eigenvalue weighted by atomic mass is 16.6. The van der Waals surface area contributed by atoms with Gasteiger partial charge in [-0.15, -0.1) is 0 Å². The number of nitrogens with zero attached hydrogens (tertiary/aromatic N) is 2. The predicted octanol–water partition coefficient (Wildman–Crippen LogP) is 3.22. The molecule has 1 saturated heterocycles. The van der Waals surface area contributed by atoms with E-state index in [-0.39, 0.29) is 12.1 Å². The van der Waals surface area contributed by atoms with Crippen LogP contribution in [0.15, 0.2) is 24.3 Å². The highest BCUT2D eigenvalue weighted by Crippen LogP contribution is 2.19. The smallest absolute Gasteiger partial charge is 0.410 e. The second kappa shape index (κ2) is 7.87. The molecule has 1 atom stereocenters. The summed E-state index contributed by atoms with van der Waals surface area (Å²) in [6.45, 7) is 10.7. The Morgan fingerprint density at radius 2 is 1.84 bits per heavy atom. The third kappa shape index (κ3) is 5.46. The number of carbonyl (C=O) groups excluding carboxylic acids is 1. The fraction of sp³-hybridized carbons (Fsp3) is 0.579. The van der Waals surface area contributed by atoms with Gasteiger partial charge >= 0.3 is 12.1 Å². The lowest BCUT2D eigenvalue weighted by Crippen LogP contribution is -2.55. The van der Waals surface area contributed by atoms with Gasteiger partial charge < -0.3 is 14.7 Å². The van der Waals surface area contributed by atoms with Crippen LogP contribution in [-0.4, -0.2) is 58.2 Å². The van der Waals surface area contributed by atoms with Crippen LogP contribution in [0.2, 0.25) is 0 Å². The van der Waals surface area contributed by atoms with Gasteiger partial charge in [-0.05, 0) is 44.9 Å². The largest absolute Gasteiger partial charge is 0.478 e. The Kier molecular flexibility index (Phi) is 6.06. The van der Waals surface area contributed by atoms with E-state index in [1.165, 1.54) is 0 Å². The van der Waals surface area contributed by atoms with Gasteiger partial charge in [0.2, 0.25) is 0 Å². The van der Waals surface area contributed by atoms with Gasteiger partial charge in [0.15, 0.2) is 0 Å². The van der Waals surface area contributed by atoms with Crippen LogP contribution in [0.5, 0.6) is 0 Å². The number of hydrogen-bond acceptors (Lipinski definition) is 4. The summed E-state index contributed by atoms with van der Waals surface area (Å²) in [4.78, 5) is 27.4. The number of rotatable bonds is 4. The van der Waals surface area contributed by atoms with Crippen molar-refractivity contribution < 1.29 is 19.4 Å². The molecule has 1 N–H and O–H groups in total. The van der Waals surface area contributed by atoms with Crippen LogP contribution in [0.1, 0.15) is 50.0 Å². The number of aromatic carboxylic acids is 1. The Hall–Kier alpha value is -2.08. The van der Waals surface area contributed by atoms with E-state index < -0.39 is 11.6 Å². The van der Waals surface area contributed by atoms with Crippen molar-refractivity contribution >= 4 is 12.1 Å². The first-order chi connectivity index (χ1) is 11.7. The van der Waals surface area contributed by atoms with Crippen molar-refractivity contribution in [3.8, 4) is 0 Å². The van der Waals surface area contributed by atoms with E-state index in [1.807, 2.05) is 37.8 Å². The molecule has 6 nitrogen and oxygen atoms in total. The van der Waals surface area contributed by atoms with E-state index in [4.69, 9.17) is 9.84 Å². The molecule has 1 aromatic carbocycles. The molecule has 0 bridgehead atoms. The minimum Gasteiger partial charge on any atom is -0.478 e. The topological polar surface area (TPSA) is 70.1 Å². The van der Waals surface area contributed by atoms with Crippen molar-refractivity contribution in [2.75, 3.05) is 19.6 Å². The molecule has 0 saturated carbocycles. The van der Waals surface area contributed by atoms with Crippen LogP contribution in [0, 0.1) is 0 Å². The molecule has 1 heterocycles. The molecule has 2 rings (SSSR count). The molecule has 1 aliphatic rings. The second-order valence-corrected chi connectivity index (χ2v) is 7.47. The Bertz CT molecular complexity index is 607. The van der Waals surface area contributed by atoms with Crippen molar-refractivity contribution in [3.05, 3.63) is 35.4 Å². The fourth-order valence-electron chi connectivity index (χ4n) is 2.98. The molecule has 0 aromatic heterocycles. The lowest BCUT2D eigenvalue weighted by Gasteiger charge is -2.41. The lowest BCUT2D eigenvalue weighted by molar-refractivity contribution is -0.00301. The van der Waals surface area contributed by atoms with Crippen molar-refractivity contribution in [2.45, 2.75) is 52.3 Å². The molecule has 138 valence electrons. The van der Waals surface area contributed by atoms with Crippen LogP contribution in [-0.2, 0) is 11.3 Å². The summed E-state index contributed by atoms with van der Waals surface area (Å²) in [6.07, 6.45) is 0.623. The Morgan fingerprint density at radius 3 is 2.36 bits per heavy atom. The normalized spacial score (nSPS) is 18.9. The van der Waals surface area contributed by atoms with E-state index in [1.54, 1.807) is 12.1 Å². The third-order valence-electron chi connectivity index (χ3n) is 4.27. The Labute approximate surface area is 149 Å². The average molecular weight is 348 g/mol. The summed E-state index contributed by atoms with van der Waals surface area (Å²) >= 11 is 0. The fourth-order valence-corrected chi connectivity index (χ4v) is 2.98. The van der Waals surface area contributed by atoms with Crippen molar-refractivity contribution in [3.63, 3.8) is 0 Å². The van der Waals surface area contributed by atoms with Crippen molar-refractivity contribution in [2.24, 2.45) is 0 Å². The minimum absolute atomic E-state index is 0.127. The molecule has 1 aliphatic heterocycles. The maximum Gasteiger partial charge on any atom is 0.410 e. The average Bonchev–Trinajstić information content (AvgIpc) is 2.53. The monoisotopic (exact) mass is 348 g/mol. The molecule has 0 radical (unpaired) electrons. The lowest BCUT2D eigenvalue weighted by atomic mass is 10.1. The van der Waals surface area contributed by atoms with Gasteiger partial charge in [-0.3, -0.25) is 4.90 Å². The standard InChI is InChI=1S/C19H28N2O4/c1-5-16-13-20(10-11-21(16)18(24)25-19(2,3)4)12-14-6-8-15(9-7-14)17(22)23/h6-9,16H,5,10-13H2,1-4H3,(H,22,23)/t16-/m1/s1. The molecular weight excluding hydrogens is 320 g/mol. The van der Waals surface area contributed by atoms with Crippen molar-refractivity contribution in [1.82, 2.24) is 9.80 Å². The Balaban J connectivity index is 1.96. The zero-order valence-electron chi connectivity index (χ0n) is 15.5. The summed E-state index contributed by atoms with van der Waals surface area (Å²) in [5, 5.41) is 8.97. The maximum atomic E-state index is 12.4. The summed E-state index contributed by atoms with van der Waals surface area (Å²) in [6, 6.07) is 7.09.